The van der Waals surface area contributed by atoms with Crippen LogP contribution in [0.5, 0.6) is 0 Å². The molecule has 0 aliphatic carbocycles. The van der Waals surface area contributed by atoms with Gasteiger partial charge in [-0.05, 0) is 55.3 Å². The van der Waals surface area contributed by atoms with Crippen LogP contribution in [0.1, 0.15) is 28.6 Å². The number of aliphatic hydroxyl groups excluding tert-OH is 1. The molecule has 20 heavy (non-hydrogen) atoms. The fraction of sp³-hybridized carbons (Fsp3) is 0.176. The summed E-state index contributed by atoms with van der Waals surface area (Å²) in [6, 6.07) is 13.3. The first kappa shape index (κ1) is 13.2. The summed E-state index contributed by atoms with van der Waals surface area (Å²) in [6.07, 6.45) is -0.804. The van der Waals surface area contributed by atoms with Crippen molar-refractivity contribution in [2.45, 2.75) is 20.0 Å². The molecule has 3 heteroatoms. The van der Waals surface area contributed by atoms with Gasteiger partial charge in [0.05, 0.1) is 0 Å². The zero-order valence-corrected chi connectivity index (χ0v) is 12.1. The first-order valence-electron chi connectivity index (χ1n) is 6.49. The van der Waals surface area contributed by atoms with E-state index in [1.54, 1.807) is 6.07 Å². The topological polar surface area (TPSA) is 33.4 Å². The molecule has 0 spiro atoms. The predicted octanol–water partition coefficient (Wildman–Crippen LogP) is 4.78. The highest BCUT2D eigenvalue weighted by Crippen LogP contribution is 2.31. The van der Waals surface area contributed by atoms with Gasteiger partial charge in [0.1, 0.15) is 17.4 Å². The van der Waals surface area contributed by atoms with Crippen molar-refractivity contribution in [2.75, 3.05) is 0 Å². The van der Waals surface area contributed by atoms with Gasteiger partial charge in [-0.25, -0.2) is 0 Å². The molecule has 2 nitrogen and oxygen atoms in total. The summed E-state index contributed by atoms with van der Waals surface area (Å²) in [5.41, 5.74) is 3.70. The Hall–Kier alpha value is -1.77. The van der Waals surface area contributed by atoms with Gasteiger partial charge in [0, 0.05) is 10.4 Å². The second-order valence-corrected chi connectivity index (χ2v) is 5.53. The normalized spacial score (nSPS) is 12.8. The molecule has 0 fully saturated rings. The molecule has 3 rings (SSSR count). The van der Waals surface area contributed by atoms with Gasteiger partial charge < -0.3 is 9.52 Å². The van der Waals surface area contributed by atoms with E-state index in [0.717, 1.165) is 22.1 Å². The maximum absolute atomic E-state index is 10.5. The minimum atomic E-state index is -0.804. The number of aryl methyl sites for hydroxylation is 2. The largest absolute Gasteiger partial charge is 0.458 e. The van der Waals surface area contributed by atoms with E-state index in [-0.39, 0.29) is 0 Å². The first-order chi connectivity index (χ1) is 9.54. The van der Waals surface area contributed by atoms with Crippen LogP contribution >= 0.6 is 11.6 Å². The Kier molecular flexibility index (Phi) is 3.28. The molecule has 0 amide bonds. The van der Waals surface area contributed by atoms with Gasteiger partial charge in [0.15, 0.2) is 0 Å². The van der Waals surface area contributed by atoms with Crippen LogP contribution in [-0.4, -0.2) is 5.11 Å². The zero-order chi connectivity index (χ0) is 14.3. The monoisotopic (exact) mass is 286 g/mol. The number of aliphatic hydroxyl groups is 1. The van der Waals surface area contributed by atoms with Crippen LogP contribution in [0.15, 0.2) is 46.9 Å². The van der Waals surface area contributed by atoms with E-state index in [0.29, 0.717) is 10.8 Å². The van der Waals surface area contributed by atoms with Crippen molar-refractivity contribution in [1.29, 1.82) is 0 Å². The van der Waals surface area contributed by atoms with E-state index in [4.69, 9.17) is 16.0 Å². The molecule has 0 aliphatic heterocycles. The van der Waals surface area contributed by atoms with Crippen LogP contribution in [-0.2, 0) is 0 Å². The lowest BCUT2D eigenvalue weighted by Gasteiger charge is -2.11. The molecule has 2 aromatic carbocycles. The van der Waals surface area contributed by atoms with Gasteiger partial charge >= 0.3 is 0 Å². The molecule has 3 aromatic rings. The Bertz CT molecular complexity index is 774. The minimum absolute atomic E-state index is 0.538. The molecule has 1 aromatic heterocycles. The molecule has 1 atom stereocenters. The van der Waals surface area contributed by atoms with Gasteiger partial charge in [-0.15, -0.1) is 0 Å². The lowest BCUT2D eigenvalue weighted by molar-refractivity contribution is 0.191. The van der Waals surface area contributed by atoms with Crippen LogP contribution in [0.25, 0.3) is 11.0 Å². The molecule has 0 saturated heterocycles. The van der Waals surface area contributed by atoms with E-state index in [2.05, 4.69) is 0 Å². The van der Waals surface area contributed by atoms with E-state index in [9.17, 15) is 5.11 Å². The Morgan fingerprint density at radius 2 is 1.85 bits per heavy atom. The van der Waals surface area contributed by atoms with Crippen molar-refractivity contribution >= 4 is 22.6 Å². The molecule has 0 aliphatic rings. The molecule has 0 bridgehead atoms. The number of halogens is 1. The number of hydrogen-bond acceptors (Lipinski definition) is 2. The quantitative estimate of drug-likeness (QED) is 0.735. The number of rotatable bonds is 2. The zero-order valence-electron chi connectivity index (χ0n) is 11.4. The van der Waals surface area contributed by atoms with Crippen LogP contribution in [0, 0.1) is 13.8 Å². The summed E-state index contributed by atoms with van der Waals surface area (Å²) in [4.78, 5) is 0. The van der Waals surface area contributed by atoms with Crippen LogP contribution in [0.3, 0.4) is 0 Å². The highest BCUT2D eigenvalue weighted by molar-refractivity contribution is 6.30. The van der Waals surface area contributed by atoms with Crippen LogP contribution in [0.2, 0.25) is 5.02 Å². The molecular formula is C17H15ClO2. The summed E-state index contributed by atoms with van der Waals surface area (Å²) in [7, 11) is 0. The number of benzene rings is 2. The van der Waals surface area contributed by atoms with Crippen LogP contribution < -0.4 is 0 Å². The van der Waals surface area contributed by atoms with Crippen molar-refractivity contribution < 1.29 is 9.52 Å². The van der Waals surface area contributed by atoms with E-state index in [1.807, 2.05) is 50.2 Å². The minimum Gasteiger partial charge on any atom is -0.458 e. The van der Waals surface area contributed by atoms with Gasteiger partial charge in [-0.2, -0.15) is 0 Å². The third-order valence-electron chi connectivity index (χ3n) is 3.50. The second-order valence-electron chi connectivity index (χ2n) is 5.09. The van der Waals surface area contributed by atoms with Gasteiger partial charge in [-0.3, -0.25) is 0 Å². The standard InChI is InChI=1S/C17H15ClO2/c1-10-3-6-15-12(7-10)8-16(20-15)17(19)14-9-13(18)5-4-11(14)2/h3-9,17,19H,1-2H3. The van der Waals surface area contributed by atoms with E-state index >= 15 is 0 Å². The summed E-state index contributed by atoms with van der Waals surface area (Å²) in [5, 5.41) is 12.1. The SMILES string of the molecule is Cc1ccc2oc(C(O)c3cc(Cl)ccc3C)cc2c1. The summed E-state index contributed by atoms with van der Waals surface area (Å²) < 4.78 is 5.74. The molecule has 0 saturated carbocycles. The highest BCUT2D eigenvalue weighted by atomic mass is 35.5. The molecule has 1 N–H and O–H groups in total. The van der Waals surface area contributed by atoms with E-state index in [1.165, 1.54) is 5.56 Å². The van der Waals surface area contributed by atoms with Crippen molar-refractivity contribution in [3.8, 4) is 0 Å². The Morgan fingerprint density at radius 1 is 1.05 bits per heavy atom. The average Bonchev–Trinajstić information content (AvgIpc) is 2.83. The fourth-order valence-electron chi connectivity index (χ4n) is 2.38. The molecule has 102 valence electrons. The lowest BCUT2D eigenvalue weighted by Crippen LogP contribution is -2.00. The Morgan fingerprint density at radius 3 is 2.65 bits per heavy atom. The summed E-state index contributed by atoms with van der Waals surface area (Å²) in [5.74, 6) is 0.538. The van der Waals surface area contributed by atoms with Gasteiger partial charge in [-0.1, -0.05) is 29.3 Å². The van der Waals surface area contributed by atoms with Crippen molar-refractivity contribution in [1.82, 2.24) is 0 Å². The fourth-order valence-corrected chi connectivity index (χ4v) is 2.56. The third kappa shape index (κ3) is 2.33. The lowest BCUT2D eigenvalue weighted by atomic mass is 10.0. The number of furan rings is 1. The molecular weight excluding hydrogens is 272 g/mol. The number of hydrogen-bond donors (Lipinski definition) is 1. The first-order valence-corrected chi connectivity index (χ1v) is 6.86. The maximum atomic E-state index is 10.5. The second kappa shape index (κ2) is 4.97. The van der Waals surface area contributed by atoms with Gasteiger partial charge in [0.2, 0.25) is 0 Å². The molecule has 1 heterocycles. The molecule has 0 radical (unpaired) electrons. The molecule has 1 unspecified atom stereocenters. The van der Waals surface area contributed by atoms with Crippen LogP contribution in [0.4, 0.5) is 0 Å². The Labute approximate surface area is 122 Å². The Balaban J connectivity index is 2.07. The van der Waals surface area contributed by atoms with E-state index < -0.39 is 6.10 Å². The average molecular weight is 287 g/mol. The maximum Gasteiger partial charge on any atom is 0.138 e. The van der Waals surface area contributed by atoms with Crippen molar-refractivity contribution in [2.24, 2.45) is 0 Å². The van der Waals surface area contributed by atoms with Crippen molar-refractivity contribution in [3.63, 3.8) is 0 Å². The highest BCUT2D eigenvalue weighted by Gasteiger charge is 2.18. The smallest absolute Gasteiger partial charge is 0.138 e. The van der Waals surface area contributed by atoms with Gasteiger partial charge in [0.25, 0.3) is 0 Å². The summed E-state index contributed by atoms with van der Waals surface area (Å²) in [6.45, 7) is 3.98. The third-order valence-corrected chi connectivity index (χ3v) is 3.73. The predicted molar refractivity (Wildman–Crippen MR) is 81.2 cm³/mol. The van der Waals surface area contributed by atoms with Crippen molar-refractivity contribution in [3.05, 3.63) is 69.9 Å². The summed E-state index contributed by atoms with van der Waals surface area (Å²) >= 11 is 6.01. The number of fused-ring (bicyclic) bond motifs is 1.